The van der Waals surface area contributed by atoms with E-state index in [1.165, 1.54) is 11.1 Å². The number of hydrogen-bond acceptors (Lipinski definition) is 5. The van der Waals surface area contributed by atoms with Gasteiger partial charge in [-0.15, -0.1) is 0 Å². The van der Waals surface area contributed by atoms with Crippen LogP contribution in [0.25, 0.3) is 0 Å². The molecule has 2 amide bonds. The van der Waals surface area contributed by atoms with E-state index in [1.807, 2.05) is 35.2 Å². The molecule has 3 N–H and O–H groups in total. The summed E-state index contributed by atoms with van der Waals surface area (Å²) in [6.07, 6.45) is 5.01. The van der Waals surface area contributed by atoms with Gasteiger partial charge in [0.2, 0.25) is 11.8 Å². The molecule has 222 valence electrons. The number of halogens is 1. The van der Waals surface area contributed by atoms with Gasteiger partial charge in [-0.2, -0.15) is 0 Å². The molecule has 0 aromatic heterocycles. The molecule has 2 fully saturated rings. The molecule has 3 atom stereocenters. The largest absolute Gasteiger partial charge is 0.344 e. The van der Waals surface area contributed by atoms with E-state index in [1.54, 1.807) is 0 Å². The van der Waals surface area contributed by atoms with Crippen LogP contribution in [0.3, 0.4) is 0 Å². The minimum atomic E-state index is -0.612. The normalized spacial score (nSPS) is 22.1. The first kappa shape index (κ1) is 30.0. The quantitative estimate of drug-likeness (QED) is 0.397. The maximum atomic E-state index is 14.1. The molecule has 0 aliphatic carbocycles. The standard InChI is InChI=1S/C33H46ClN5O2/c1-23(2)21-39(27-12-15-35-16-13-27)28-14-18-38(22-28)33(41)31(19-24-7-9-26(34)10-8-24)37-32(40)20-30-29-6-4-3-5-25(29)11-17-36-30/h3-10,23,27-28,30-31,35-36H,11-22H2,1-2H3,(H,37,40)/t28?,30?,31-/m1/s1. The van der Waals surface area contributed by atoms with Gasteiger partial charge in [0.15, 0.2) is 0 Å². The number of likely N-dealkylation sites (tertiary alicyclic amines) is 1. The summed E-state index contributed by atoms with van der Waals surface area (Å²) < 4.78 is 0. The van der Waals surface area contributed by atoms with Crippen molar-refractivity contribution in [2.45, 2.75) is 76.5 Å². The average molecular weight is 580 g/mol. The highest BCUT2D eigenvalue weighted by Gasteiger charge is 2.37. The summed E-state index contributed by atoms with van der Waals surface area (Å²) in [7, 11) is 0. The van der Waals surface area contributed by atoms with Crippen molar-refractivity contribution in [2.75, 3.05) is 39.3 Å². The third kappa shape index (κ3) is 7.89. The predicted octanol–water partition coefficient (Wildman–Crippen LogP) is 3.96. The summed E-state index contributed by atoms with van der Waals surface area (Å²) in [5.74, 6) is 0.492. The van der Waals surface area contributed by atoms with E-state index in [2.05, 4.69) is 52.9 Å². The molecule has 2 unspecified atom stereocenters. The topological polar surface area (TPSA) is 76.7 Å². The second kappa shape index (κ2) is 14.1. The Labute approximate surface area is 250 Å². The van der Waals surface area contributed by atoms with Gasteiger partial charge in [-0.1, -0.05) is 61.8 Å². The highest BCUT2D eigenvalue weighted by atomic mass is 35.5. The molecule has 8 heteroatoms. The van der Waals surface area contributed by atoms with E-state index in [0.29, 0.717) is 35.9 Å². The fourth-order valence-electron chi connectivity index (χ4n) is 6.86. The fraction of sp³-hybridized carbons (Fsp3) is 0.576. The number of piperidine rings is 1. The lowest BCUT2D eigenvalue weighted by molar-refractivity contribution is -0.136. The molecule has 0 radical (unpaired) electrons. The zero-order valence-electron chi connectivity index (χ0n) is 24.6. The van der Waals surface area contributed by atoms with Crippen molar-refractivity contribution < 1.29 is 9.59 Å². The van der Waals surface area contributed by atoms with Gasteiger partial charge >= 0.3 is 0 Å². The van der Waals surface area contributed by atoms with Gasteiger partial charge in [0, 0.05) is 55.6 Å². The Morgan fingerprint density at radius 2 is 1.78 bits per heavy atom. The van der Waals surface area contributed by atoms with Crippen molar-refractivity contribution >= 4 is 23.4 Å². The third-order valence-electron chi connectivity index (χ3n) is 8.89. The third-order valence-corrected chi connectivity index (χ3v) is 9.14. The number of hydrogen-bond donors (Lipinski definition) is 3. The predicted molar refractivity (Wildman–Crippen MR) is 165 cm³/mol. The van der Waals surface area contributed by atoms with Gasteiger partial charge in [-0.05, 0) is 80.1 Å². The van der Waals surface area contributed by atoms with Crippen LogP contribution in [-0.2, 0) is 22.4 Å². The van der Waals surface area contributed by atoms with Crippen LogP contribution in [0, 0.1) is 5.92 Å². The Hall–Kier alpha value is -2.45. The van der Waals surface area contributed by atoms with Gasteiger partial charge in [0.25, 0.3) is 0 Å². The molecule has 0 saturated carbocycles. The highest BCUT2D eigenvalue weighted by molar-refractivity contribution is 6.30. The van der Waals surface area contributed by atoms with E-state index in [4.69, 9.17) is 11.6 Å². The lowest BCUT2D eigenvalue weighted by atomic mass is 9.92. The number of nitrogens with zero attached hydrogens (tertiary/aromatic N) is 2. The minimum Gasteiger partial charge on any atom is -0.344 e. The summed E-state index contributed by atoms with van der Waals surface area (Å²) in [5.41, 5.74) is 3.46. The number of benzene rings is 2. The molecule has 5 rings (SSSR count). The fourth-order valence-corrected chi connectivity index (χ4v) is 6.99. The number of carbonyl (C=O) groups excluding carboxylic acids is 2. The maximum absolute atomic E-state index is 14.1. The number of carbonyl (C=O) groups is 2. The lowest BCUT2D eigenvalue weighted by Gasteiger charge is -2.40. The van der Waals surface area contributed by atoms with E-state index in [9.17, 15) is 9.59 Å². The van der Waals surface area contributed by atoms with E-state index in [-0.39, 0.29) is 17.9 Å². The molecule has 2 aromatic rings. The van der Waals surface area contributed by atoms with Crippen molar-refractivity contribution in [2.24, 2.45) is 5.92 Å². The Morgan fingerprint density at radius 3 is 2.54 bits per heavy atom. The van der Waals surface area contributed by atoms with Gasteiger partial charge in [0.1, 0.15) is 6.04 Å². The molecule has 3 aliphatic rings. The monoisotopic (exact) mass is 579 g/mol. The van der Waals surface area contributed by atoms with Gasteiger partial charge in [-0.25, -0.2) is 0 Å². The van der Waals surface area contributed by atoms with Crippen molar-refractivity contribution in [3.05, 3.63) is 70.2 Å². The Balaban J connectivity index is 1.28. The summed E-state index contributed by atoms with van der Waals surface area (Å²) in [6, 6.07) is 16.2. The Kier molecular flexibility index (Phi) is 10.4. The summed E-state index contributed by atoms with van der Waals surface area (Å²) in [4.78, 5) is 32.2. The highest BCUT2D eigenvalue weighted by Crippen LogP contribution is 2.27. The minimum absolute atomic E-state index is 0.0163. The van der Waals surface area contributed by atoms with Crippen LogP contribution in [0.2, 0.25) is 5.02 Å². The zero-order chi connectivity index (χ0) is 28.8. The van der Waals surface area contributed by atoms with Crippen LogP contribution in [-0.4, -0.2) is 79.0 Å². The Morgan fingerprint density at radius 1 is 1.02 bits per heavy atom. The number of nitrogens with one attached hydrogen (secondary N) is 3. The van der Waals surface area contributed by atoms with Crippen LogP contribution in [0.4, 0.5) is 0 Å². The summed E-state index contributed by atoms with van der Waals surface area (Å²) in [6.45, 7) is 10.0. The second-order valence-electron chi connectivity index (χ2n) is 12.4. The molecule has 2 saturated heterocycles. The number of rotatable bonds is 10. The summed E-state index contributed by atoms with van der Waals surface area (Å²) >= 11 is 6.13. The van der Waals surface area contributed by atoms with E-state index in [0.717, 1.165) is 70.5 Å². The molecule has 2 aromatic carbocycles. The second-order valence-corrected chi connectivity index (χ2v) is 12.8. The van der Waals surface area contributed by atoms with Crippen LogP contribution in [0.15, 0.2) is 48.5 Å². The number of fused-ring (bicyclic) bond motifs is 1. The van der Waals surface area contributed by atoms with E-state index < -0.39 is 6.04 Å². The first-order valence-electron chi connectivity index (χ1n) is 15.5. The smallest absolute Gasteiger partial charge is 0.245 e. The molecule has 3 aliphatic heterocycles. The lowest BCUT2D eigenvalue weighted by Crippen LogP contribution is -2.52. The maximum Gasteiger partial charge on any atom is 0.245 e. The van der Waals surface area contributed by atoms with Crippen LogP contribution in [0.1, 0.15) is 62.3 Å². The molecular formula is C33H46ClN5O2. The zero-order valence-corrected chi connectivity index (χ0v) is 25.3. The molecule has 7 nitrogen and oxygen atoms in total. The molecule has 41 heavy (non-hydrogen) atoms. The first-order chi connectivity index (χ1) is 19.9. The average Bonchev–Trinajstić information content (AvgIpc) is 3.47. The van der Waals surface area contributed by atoms with E-state index >= 15 is 0 Å². The number of amides is 2. The summed E-state index contributed by atoms with van der Waals surface area (Å²) in [5, 5.41) is 10.8. The van der Waals surface area contributed by atoms with Crippen LogP contribution in [0.5, 0.6) is 0 Å². The molecular weight excluding hydrogens is 534 g/mol. The van der Waals surface area contributed by atoms with Gasteiger partial charge in [0.05, 0.1) is 0 Å². The molecule has 0 bridgehead atoms. The molecule has 3 heterocycles. The SMILES string of the molecule is CC(C)CN(C1CCNCC1)C1CCN(C(=O)[C@@H](Cc2ccc(Cl)cc2)NC(=O)CC2NCCc3ccccc32)C1. The Bertz CT molecular complexity index is 1170. The van der Waals surface area contributed by atoms with Crippen LogP contribution < -0.4 is 16.0 Å². The molecule has 0 spiro atoms. The van der Waals surface area contributed by atoms with Crippen molar-refractivity contribution in [3.63, 3.8) is 0 Å². The van der Waals surface area contributed by atoms with Crippen LogP contribution >= 0.6 is 11.6 Å². The van der Waals surface area contributed by atoms with Crippen molar-refractivity contribution in [1.29, 1.82) is 0 Å². The van der Waals surface area contributed by atoms with Gasteiger partial charge < -0.3 is 20.9 Å². The van der Waals surface area contributed by atoms with Crippen molar-refractivity contribution in [3.8, 4) is 0 Å². The van der Waals surface area contributed by atoms with Crippen molar-refractivity contribution in [1.82, 2.24) is 25.8 Å². The first-order valence-corrected chi connectivity index (χ1v) is 15.9. The van der Waals surface area contributed by atoms with Gasteiger partial charge in [-0.3, -0.25) is 14.5 Å².